The highest BCUT2D eigenvalue weighted by Gasteiger charge is 2.16. The first kappa shape index (κ1) is 16.4. The maximum Gasteiger partial charge on any atom is 0.349 e. The van der Waals surface area contributed by atoms with E-state index in [1.54, 1.807) is 30.3 Å². The molecule has 1 aromatic heterocycles. The number of carbonyl (C=O) groups excluding carboxylic acids is 1. The Hall–Kier alpha value is -2.50. The largest absolute Gasteiger partial charge is 0.493 e. The van der Waals surface area contributed by atoms with Gasteiger partial charge in [0.15, 0.2) is 11.3 Å². The SMILES string of the molecule is COc1cccc2cc(C(=O)Nc3ccc(Cl)c(Cl)c3)c(=O)oc12. The Labute approximate surface area is 146 Å². The standard InChI is InChI=1S/C17H11Cl2NO4/c1-23-14-4-2-3-9-7-11(17(22)24-15(9)14)16(21)20-10-5-6-12(18)13(19)8-10/h2-8H,1H3,(H,20,21). The Morgan fingerprint density at radius 2 is 1.92 bits per heavy atom. The number of fused-ring (bicyclic) bond motifs is 1. The van der Waals surface area contributed by atoms with Gasteiger partial charge in [0.25, 0.3) is 5.91 Å². The van der Waals surface area contributed by atoms with E-state index in [1.165, 1.54) is 19.2 Å². The van der Waals surface area contributed by atoms with Crippen molar-refractivity contribution in [1.82, 2.24) is 0 Å². The average molecular weight is 364 g/mol. The zero-order valence-corrected chi connectivity index (χ0v) is 13.9. The number of rotatable bonds is 3. The van der Waals surface area contributed by atoms with Crippen molar-refractivity contribution >= 4 is 45.8 Å². The molecule has 0 radical (unpaired) electrons. The summed E-state index contributed by atoms with van der Waals surface area (Å²) in [6.07, 6.45) is 0. The zero-order valence-electron chi connectivity index (χ0n) is 12.4. The number of hydrogen-bond donors (Lipinski definition) is 1. The lowest BCUT2D eigenvalue weighted by Crippen LogP contribution is -2.20. The molecular weight excluding hydrogens is 353 g/mol. The van der Waals surface area contributed by atoms with Crippen LogP contribution in [0.2, 0.25) is 10.0 Å². The van der Waals surface area contributed by atoms with Gasteiger partial charge in [0.2, 0.25) is 0 Å². The van der Waals surface area contributed by atoms with E-state index in [-0.39, 0.29) is 11.1 Å². The highest BCUT2D eigenvalue weighted by Crippen LogP contribution is 2.26. The lowest BCUT2D eigenvalue weighted by molar-refractivity contribution is 0.102. The number of amides is 1. The number of carbonyl (C=O) groups is 1. The fourth-order valence-electron chi connectivity index (χ4n) is 2.21. The summed E-state index contributed by atoms with van der Waals surface area (Å²) in [5.41, 5.74) is -0.179. The van der Waals surface area contributed by atoms with Gasteiger partial charge in [0.1, 0.15) is 5.56 Å². The molecule has 5 nitrogen and oxygen atoms in total. The summed E-state index contributed by atoms with van der Waals surface area (Å²) in [4.78, 5) is 24.5. The van der Waals surface area contributed by atoms with Gasteiger partial charge < -0.3 is 14.5 Å². The normalized spacial score (nSPS) is 10.6. The van der Waals surface area contributed by atoms with Crippen LogP contribution in [0.4, 0.5) is 5.69 Å². The van der Waals surface area contributed by atoms with Crippen LogP contribution >= 0.6 is 23.2 Å². The summed E-state index contributed by atoms with van der Waals surface area (Å²) in [5, 5.41) is 3.83. The molecule has 122 valence electrons. The molecule has 0 aliphatic carbocycles. The summed E-state index contributed by atoms with van der Waals surface area (Å²) < 4.78 is 10.4. The van der Waals surface area contributed by atoms with Crippen LogP contribution in [0.1, 0.15) is 10.4 Å². The molecule has 3 rings (SSSR count). The number of methoxy groups -OCH3 is 1. The van der Waals surface area contributed by atoms with Crippen molar-refractivity contribution in [2.24, 2.45) is 0 Å². The monoisotopic (exact) mass is 363 g/mol. The number of anilines is 1. The maximum atomic E-state index is 12.4. The van der Waals surface area contributed by atoms with E-state index < -0.39 is 11.5 Å². The number of ether oxygens (including phenoxy) is 1. The molecule has 0 unspecified atom stereocenters. The third kappa shape index (κ3) is 3.09. The molecule has 0 bridgehead atoms. The van der Waals surface area contributed by atoms with Crippen LogP contribution in [0.5, 0.6) is 5.75 Å². The average Bonchev–Trinajstić information content (AvgIpc) is 2.57. The van der Waals surface area contributed by atoms with Crippen molar-refractivity contribution in [2.75, 3.05) is 12.4 Å². The summed E-state index contributed by atoms with van der Waals surface area (Å²) in [5.74, 6) is -0.187. The van der Waals surface area contributed by atoms with Crippen LogP contribution in [0.15, 0.2) is 51.7 Å². The van der Waals surface area contributed by atoms with Crippen molar-refractivity contribution in [3.63, 3.8) is 0 Å². The number of halogens is 2. The van der Waals surface area contributed by atoms with Crippen LogP contribution in [-0.4, -0.2) is 13.0 Å². The molecule has 1 heterocycles. The molecule has 24 heavy (non-hydrogen) atoms. The minimum absolute atomic E-state index is 0.123. The van der Waals surface area contributed by atoms with Gasteiger partial charge >= 0.3 is 5.63 Å². The molecule has 0 saturated carbocycles. The number of nitrogens with one attached hydrogen (secondary N) is 1. The van der Waals surface area contributed by atoms with Gasteiger partial charge in [-0.3, -0.25) is 4.79 Å². The Morgan fingerprint density at radius 3 is 2.62 bits per heavy atom. The first-order valence-corrected chi connectivity index (χ1v) is 7.62. The summed E-state index contributed by atoms with van der Waals surface area (Å²) >= 11 is 11.7. The van der Waals surface area contributed by atoms with E-state index in [4.69, 9.17) is 32.4 Å². The summed E-state index contributed by atoms with van der Waals surface area (Å²) in [6, 6.07) is 11.2. The molecule has 0 aliphatic rings. The molecule has 1 amide bonds. The number of benzene rings is 2. The number of hydrogen-bond acceptors (Lipinski definition) is 4. The third-order valence-electron chi connectivity index (χ3n) is 3.37. The Morgan fingerprint density at radius 1 is 1.12 bits per heavy atom. The second kappa shape index (κ2) is 6.55. The maximum absolute atomic E-state index is 12.4. The highest BCUT2D eigenvalue weighted by molar-refractivity contribution is 6.42. The second-order valence-corrected chi connectivity index (χ2v) is 5.72. The molecule has 0 atom stereocenters. The zero-order chi connectivity index (χ0) is 17.3. The molecule has 1 N–H and O–H groups in total. The number of para-hydroxylation sites is 1. The fourth-order valence-corrected chi connectivity index (χ4v) is 2.51. The smallest absolute Gasteiger partial charge is 0.349 e. The molecule has 0 aliphatic heterocycles. The van der Waals surface area contributed by atoms with Crippen molar-refractivity contribution in [3.8, 4) is 5.75 Å². The summed E-state index contributed by atoms with van der Waals surface area (Å²) in [6.45, 7) is 0. The van der Waals surface area contributed by atoms with Gasteiger partial charge in [-0.25, -0.2) is 4.79 Å². The topological polar surface area (TPSA) is 68.5 Å². The van der Waals surface area contributed by atoms with E-state index >= 15 is 0 Å². The van der Waals surface area contributed by atoms with E-state index in [1.807, 2.05) is 0 Å². The van der Waals surface area contributed by atoms with E-state index in [2.05, 4.69) is 5.32 Å². The Bertz CT molecular complexity index is 998. The molecule has 0 fully saturated rings. The second-order valence-electron chi connectivity index (χ2n) is 4.91. The molecule has 0 saturated heterocycles. The van der Waals surface area contributed by atoms with E-state index in [0.717, 1.165) is 0 Å². The minimum atomic E-state index is -0.760. The third-order valence-corrected chi connectivity index (χ3v) is 4.10. The van der Waals surface area contributed by atoms with Crippen LogP contribution in [0.25, 0.3) is 11.0 Å². The predicted octanol–water partition coefficient (Wildman–Crippen LogP) is 4.36. The fraction of sp³-hybridized carbons (Fsp3) is 0.0588. The van der Waals surface area contributed by atoms with Gasteiger partial charge in [-0.2, -0.15) is 0 Å². The van der Waals surface area contributed by atoms with Crippen LogP contribution < -0.4 is 15.7 Å². The van der Waals surface area contributed by atoms with Crippen LogP contribution in [-0.2, 0) is 0 Å². The lowest BCUT2D eigenvalue weighted by atomic mass is 10.1. The van der Waals surface area contributed by atoms with Gasteiger partial charge in [-0.15, -0.1) is 0 Å². The van der Waals surface area contributed by atoms with Crippen molar-refractivity contribution < 1.29 is 13.9 Å². The molecular formula is C17H11Cl2NO4. The lowest BCUT2D eigenvalue weighted by Gasteiger charge is -2.07. The van der Waals surface area contributed by atoms with Crippen molar-refractivity contribution in [3.05, 3.63) is 68.5 Å². The quantitative estimate of drug-likeness (QED) is 0.701. The Balaban J connectivity index is 1.99. The first-order valence-electron chi connectivity index (χ1n) is 6.87. The van der Waals surface area contributed by atoms with E-state index in [9.17, 15) is 9.59 Å². The van der Waals surface area contributed by atoms with E-state index in [0.29, 0.717) is 26.9 Å². The molecule has 3 aromatic rings. The molecule has 2 aromatic carbocycles. The van der Waals surface area contributed by atoms with Crippen LogP contribution in [0.3, 0.4) is 0 Å². The van der Waals surface area contributed by atoms with Gasteiger partial charge in [0, 0.05) is 11.1 Å². The predicted molar refractivity (Wildman–Crippen MR) is 93.5 cm³/mol. The first-order chi connectivity index (χ1) is 11.5. The molecule has 0 spiro atoms. The van der Waals surface area contributed by atoms with Crippen LogP contribution in [0, 0.1) is 0 Å². The Kier molecular flexibility index (Phi) is 4.46. The van der Waals surface area contributed by atoms with Crippen molar-refractivity contribution in [1.29, 1.82) is 0 Å². The minimum Gasteiger partial charge on any atom is -0.493 e. The molecule has 7 heteroatoms. The summed E-state index contributed by atoms with van der Waals surface area (Å²) in [7, 11) is 1.47. The van der Waals surface area contributed by atoms with Gasteiger partial charge in [0.05, 0.1) is 17.2 Å². The van der Waals surface area contributed by atoms with Crippen molar-refractivity contribution in [2.45, 2.75) is 0 Å². The highest BCUT2D eigenvalue weighted by atomic mass is 35.5. The van der Waals surface area contributed by atoms with Gasteiger partial charge in [-0.05, 0) is 30.3 Å². The van der Waals surface area contributed by atoms with Gasteiger partial charge in [-0.1, -0.05) is 35.3 Å².